The zero-order chi connectivity index (χ0) is 17.5. The summed E-state index contributed by atoms with van der Waals surface area (Å²) in [4.78, 5) is 14.7. The number of unbranched alkanes of at least 4 members (excludes halogenated alkanes) is 1. The van der Waals surface area contributed by atoms with E-state index in [1.54, 1.807) is 19.2 Å². The van der Waals surface area contributed by atoms with Crippen LogP contribution in [0.15, 0.2) is 12.1 Å². The normalized spacial score (nSPS) is 17.7. The molecular formula is C18H27ClN2O3. The maximum absolute atomic E-state index is 12.9. The largest absolute Gasteiger partial charge is 0.493 e. The lowest BCUT2D eigenvalue weighted by atomic mass is 10.0. The molecule has 2 rings (SSSR count). The summed E-state index contributed by atoms with van der Waals surface area (Å²) in [5.41, 5.74) is 6.34. The van der Waals surface area contributed by atoms with Crippen LogP contribution in [-0.2, 0) is 0 Å². The molecule has 1 aromatic carbocycles. The Morgan fingerprint density at radius 1 is 1.42 bits per heavy atom. The lowest BCUT2D eigenvalue weighted by Gasteiger charge is -2.35. The van der Waals surface area contributed by atoms with Crippen molar-refractivity contribution in [2.75, 3.05) is 26.8 Å². The molecule has 1 unspecified atom stereocenters. The molecule has 1 atom stereocenters. The maximum Gasteiger partial charge on any atom is 0.254 e. The summed E-state index contributed by atoms with van der Waals surface area (Å²) in [6, 6.07) is 3.46. The average molecular weight is 355 g/mol. The number of methoxy groups -OCH3 is 1. The summed E-state index contributed by atoms with van der Waals surface area (Å²) >= 11 is 6.35. The number of ether oxygens (including phenoxy) is 2. The first kappa shape index (κ1) is 18.9. The first-order valence-electron chi connectivity index (χ1n) is 8.63. The number of rotatable bonds is 7. The van der Waals surface area contributed by atoms with Crippen LogP contribution in [-0.4, -0.2) is 43.7 Å². The third-order valence-electron chi connectivity index (χ3n) is 4.38. The topological polar surface area (TPSA) is 64.8 Å². The predicted octanol–water partition coefficient (Wildman–Crippen LogP) is 3.48. The molecule has 1 fully saturated rings. The number of likely N-dealkylation sites (tertiary alicyclic amines) is 1. The van der Waals surface area contributed by atoms with Gasteiger partial charge >= 0.3 is 0 Å². The van der Waals surface area contributed by atoms with Gasteiger partial charge < -0.3 is 20.1 Å². The van der Waals surface area contributed by atoms with Crippen molar-refractivity contribution in [1.29, 1.82) is 0 Å². The monoisotopic (exact) mass is 354 g/mol. The number of amides is 1. The summed E-state index contributed by atoms with van der Waals surface area (Å²) in [7, 11) is 1.55. The van der Waals surface area contributed by atoms with Gasteiger partial charge in [-0.15, -0.1) is 0 Å². The molecule has 1 amide bonds. The van der Waals surface area contributed by atoms with Gasteiger partial charge in [-0.25, -0.2) is 0 Å². The molecule has 1 aliphatic heterocycles. The fourth-order valence-corrected chi connectivity index (χ4v) is 3.25. The number of hydrogen-bond acceptors (Lipinski definition) is 4. The summed E-state index contributed by atoms with van der Waals surface area (Å²) in [5, 5.41) is 0.398. The molecule has 0 bridgehead atoms. The smallest absolute Gasteiger partial charge is 0.254 e. The molecule has 1 aliphatic rings. The van der Waals surface area contributed by atoms with Crippen LogP contribution in [0.1, 0.15) is 49.4 Å². The van der Waals surface area contributed by atoms with E-state index in [9.17, 15) is 4.79 Å². The highest BCUT2D eigenvalue weighted by Crippen LogP contribution is 2.37. The fourth-order valence-electron chi connectivity index (χ4n) is 2.98. The maximum atomic E-state index is 12.9. The lowest BCUT2D eigenvalue weighted by Crippen LogP contribution is -2.47. The molecule has 134 valence electrons. The third-order valence-corrected chi connectivity index (χ3v) is 4.66. The number of nitrogens with zero attached hydrogens (tertiary/aromatic N) is 1. The van der Waals surface area contributed by atoms with Gasteiger partial charge in [-0.3, -0.25) is 4.79 Å². The Bertz CT molecular complexity index is 565. The van der Waals surface area contributed by atoms with Gasteiger partial charge in [-0.05, 0) is 37.8 Å². The summed E-state index contributed by atoms with van der Waals surface area (Å²) < 4.78 is 11.1. The summed E-state index contributed by atoms with van der Waals surface area (Å²) in [6.45, 7) is 3.88. The van der Waals surface area contributed by atoms with Crippen molar-refractivity contribution in [3.05, 3.63) is 22.7 Å². The van der Waals surface area contributed by atoms with Crippen molar-refractivity contribution in [3.8, 4) is 11.5 Å². The number of nitrogens with two attached hydrogens (primary N) is 1. The molecule has 2 N–H and O–H groups in total. The third kappa shape index (κ3) is 4.33. The number of piperidine rings is 1. The Hall–Kier alpha value is -1.46. The quantitative estimate of drug-likeness (QED) is 0.761. The van der Waals surface area contributed by atoms with Gasteiger partial charge in [0.1, 0.15) is 0 Å². The van der Waals surface area contributed by atoms with E-state index in [2.05, 4.69) is 6.92 Å². The van der Waals surface area contributed by atoms with E-state index in [1.807, 2.05) is 4.90 Å². The minimum atomic E-state index is -0.0505. The van der Waals surface area contributed by atoms with Crippen LogP contribution < -0.4 is 15.2 Å². The van der Waals surface area contributed by atoms with E-state index in [4.69, 9.17) is 26.8 Å². The summed E-state index contributed by atoms with van der Waals surface area (Å²) in [6.07, 6.45) is 5.04. The van der Waals surface area contributed by atoms with Gasteiger partial charge in [0.05, 0.1) is 18.7 Å². The van der Waals surface area contributed by atoms with E-state index in [0.29, 0.717) is 35.2 Å². The van der Waals surface area contributed by atoms with Crippen molar-refractivity contribution in [2.45, 2.75) is 45.1 Å². The molecule has 0 aliphatic carbocycles. The zero-order valence-corrected chi connectivity index (χ0v) is 15.3. The Morgan fingerprint density at radius 2 is 2.21 bits per heavy atom. The number of carbonyl (C=O) groups excluding carboxylic acids is 1. The van der Waals surface area contributed by atoms with Crippen LogP contribution in [0.4, 0.5) is 0 Å². The molecule has 1 heterocycles. The molecule has 1 aromatic rings. The van der Waals surface area contributed by atoms with Crippen LogP contribution in [0.25, 0.3) is 0 Å². The van der Waals surface area contributed by atoms with Gasteiger partial charge in [0.25, 0.3) is 5.91 Å². The first-order chi connectivity index (χ1) is 11.6. The molecular weight excluding hydrogens is 328 g/mol. The number of carbonyl (C=O) groups is 1. The highest BCUT2D eigenvalue weighted by Gasteiger charge is 2.27. The fraction of sp³-hybridized carbons (Fsp3) is 0.611. The number of benzene rings is 1. The van der Waals surface area contributed by atoms with E-state index in [1.165, 1.54) is 0 Å². The van der Waals surface area contributed by atoms with Gasteiger partial charge in [0.2, 0.25) is 0 Å². The second-order valence-corrected chi connectivity index (χ2v) is 6.48. The van der Waals surface area contributed by atoms with E-state index in [0.717, 1.165) is 38.6 Å². The van der Waals surface area contributed by atoms with Crippen LogP contribution in [0, 0.1) is 0 Å². The van der Waals surface area contributed by atoms with Crippen LogP contribution in [0.2, 0.25) is 5.02 Å². The molecule has 0 aromatic heterocycles. The van der Waals surface area contributed by atoms with Crippen molar-refractivity contribution in [3.63, 3.8) is 0 Å². The van der Waals surface area contributed by atoms with Crippen molar-refractivity contribution in [2.24, 2.45) is 5.73 Å². The highest BCUT2D eigenvalue weighted by atomic mass is 35.5. The number of halogens is 1. The molecule has 0 spiro atoms. The highest BCUT2D eigenvalue weighted by molar-refractivity contribution is 6.32. The zero-order valence-electron chi connectivity index (χ0n) is 14.5. The minimum absolute atomic E-state index is 0.0505. The predicted molar refractivity (Wildman–Crippen MR) is 96.1 cm³/mol. The molecule has 24 heavy (non-hydrogen) atoms. The molecule has 0 radical (unpaired) electrons. The van der Waals surface area contributed by atoms with Gasteiger partial charge in [0.15, 0.2) is 11.5 Å². The average Bonchev–Trinajstić information content (AvgIpc) is 2.62. The van der Waals surface area contributed by atoms with E-state index < -0.39 is 0 Å². The van der Waals surface area contributed by atoms with Crippen LogP contribution >= 0.6 is 11.6 Å². The van der Waals surface area contributed by atoms with Crippen molar-refractivity contribution >= 4 is 17.5 Å². The molecule has 5 nitrogen and oxygen atoms in total. The van der Waals surface area contributed by atoms with Crippen LogP contribution in [0.3, 0.4) is 0 Å². The lowest BCUT2D eigenvalue weighted by molar-refractivity contribution is 0.0623. The first-order valence-corrected chi connectivity index (χ1v) is 9.01. The Balaban J connectivity index is 2.23. The molecule has 6 heteroatoms. The van der Waals surface area contributed by atoms with E-state index in [-0.39, 0.29) is 11.9 Å². The molecule has 1 saturated heterocycles. The van der Waals surface area contributed by atoms with Crippen LogP contribution in [0.5, 0.6) is 11.5 Å². The Labute approximate surface area is 149 Å². The Morgan fingerprint density at radius 3 is 2.88 bits per heavy atom. The number of hydrogen-bond donors (Lipinski definition) is 1. The second kappa shape index (κ2) is 9.14. The van der Waals surface area contributed by atoms with Crippen molar-refractivity contribution < 1.29 is 14.3 Å². The minimum Gasteiger partial charge on any atom is -0.493 e. The standard InChI is InChI=1S/C18H27ClN2O3/c1-3-4-9-24-17-15(19)10-13(11-16(17)23-2)18(22)21-8-6-5-7-14(21)12-20/h10-11,14H,3-9,12,20H2,1-2H3. The Kier molecular flexibility index (Phi) is 7.18. The second-order valence-electron chi connectivity index (χ2n) is 6.08. The molecule has 0 saturated carbocycles. The van der Waals surface area contributed by atoms with Gasteiger partial charge in [0, 0.05) is 24.7 Å². The summed E-state index contributed by atoms with van der Waals surface area (Å²) in [5.74, 6) is 0.937. The van der Waals surface area contributed by atoms with Gasteiger partial charge in [-0.1, -0.05) is 24.9 Å². The van der Waals surface area contributed by atoms with E-state index >= 15 is 0 Å². The van der Waals surface area contributed by atoms with Gasteiger partial charge in [-0.2, -0.15) is 0 Å². The SMILES string of the molecule is CCCCOc1c(Cl)cc(C(=O)N2CCCCC2CN)cc1OC. The van der Waals surface area contributed by atoms with Crippen molar-refractivity contribution in [1.82, 2.24) is 4.90 Å².